The van der Waals surface area contributed by atoms with Gasteiger partial charge in [-0.1, -0.05) is 30.3 Å². The molecule has 0 unspecified atom stereocenters. The third-order valence-electron chi connectivity index (χ3n) is 5.29. The van der Waals surface area contributed by atoms with Crippen molar-refractivity contribution in [3.05, 3.63) is 94.3 Å². The van der Waals surface area contributed by atoms with Crippen molar-refractivity contribution < 1.29 is 32.2 Å². The van der Waals surface area contributed by atoms with E-state index in [0.717, 1.165) is 12.1 Å². The highest BCUT2D eigenvalue weighted by atomic mass is 35.5. The Labute approximate surface area is 218 Å². The van der Waals surface area contributed by atoms with Crippen LogP contribution in [0.5, 0.6) is 11.5 Å². The molecule has 0 aliphatic heterocycles. The molecule has 7 nitrogen and oxygen atoms in total. The zero-order valence-corrected chi connectivity index (χ0v) is 21.0. The lowest BCUT2D eigenvalue weighted by Gasteiger charge is -2.20. The van der Waals surface area contributed by atoms with E-state index < -0.39 is 35.0 Å². The van der Waals surface area contributed by atoms with Crippen molar-refractivity contribution in [2.45, 2.75) is 26.2 Å². The van der Waals surface area contributed by atoms with E-state index in [-0.39, 0.29) is 49.5 Å². The number of nitrogens with two attached hydrogens (primary N) is 1. The van der Waals surface area contributed by atoms with Crippen LogP contribution in [0.2, 0.25) is 0 Å². The number of nitrogens with one attached hydrogen (secondary N) is 2. The molecule has 3 aromatic carbocycles. The average molecular weight is 538 g/mol. The first-order valence-electron chi connectivity index (χ1n) is 11.0. The van der Waals surface area contributed by atoms with E-state index in [1.807, 2.05) is 0 Å². The van der Waals surface area contributed by atoms with Gasteiger partial charge in [0.15, 0.2) is 6.10 Å². The van der Waals surface area contributed by atoms with Crippen LogP contribution in [0.15, 0.2) is 54.6 Å². The molecular weight excluding hydrogens is 511 g/mol. The fourth-order valence-electron chi connectivity index (χ4n) is 3.43. The minimum absolute atomic E-state index is 0. The number of halogens is 4. The van der Waals surface area contributed by atoms with Crippen molar-refractivity contribution in [2.24, 2.45) is 5.73 Å². The molecule has 3 aromatic rings. The second kappa shape index (κ2) is 13.5. The van der Waals surface area contributed by atoms with Crippen molar-refractivity contribution >= 4 is 24.1 Å². The molecule has 37 heavy (non-hydrogen) atoms. The summed E-state index contributed by atoms with van der Waals surface area (Å²) in [5, 5.41) is 10.3. The number of amidine groups is 1. The van der Waals surface area contributed by atoms with Crippen molar-refractivity contribution in [1.29, 1.82) is 5.41 Å². The van der Waals surface area contributed by atoms with E-state index in [0.29, 0.717) is 16.7 Å². The molecule has 0 spiro atoms. The molecule has 0 aliphatic rings. The van der Waals surface area contributed by atoms with E-state index in [2.05, 4.69) is 5.32 Å². The topological polar surface area (TPSA) is 107 Å². The average Bonchev–Trinajstić information content (AvgIpc) is 2.85. The summed E-state index contributed by atoms with van der Waals surface area (Å²) in [5.41, 5.74) is 6.17. The number of hydrogen-bond donors (Lipinski definition) is 3. The zero-order chi connectivity index (χ0) is 26.2. The van der Waals surface area contributed by atoms with Crippen LogP contribution in [0.4, 0.5) is 13.2 Å². The summed E-state index contributed by atoms with van der Waals surface area (Å²) >= 11 is 0. The number of ether oxygens (including phenoxy) is 3. The number of carbonyl (C=O) groups excluding carboxylic acids is 1. The van der Waals surface area contributed by atoms with E-state index in [1.165, 1.54) is 19.2 Å². The van der Waals surface area contributed by atoms with Crippen molar-refractivity contribution in [3.63, 3.8) is 0 Å². The van der Waals surface area contributed by atoms with Crippen molar-refractivity contribution in [3.8, 4) is 11.5 Å². The maximum atomic E-state index is 14.6. The van der Waals surface area contributed by atoms with Crippen molar-refractivity contribution in [2.75, 3.05) is 13.7 Å². The molecule has 3 rings (SSSR count). The number of carbonyl (C=O) groups is 1. The minimum Gasteiger partial charge on any atom is -0.497 e. The summed E-state index contributed by atoms with van der Waals surface area (Å²) in [6.45, 7) is 1.40. The quantitative estimate of drug-likeness (QED) is 0.241. The first-order chi connectivity index (χ1) is 17.2. The molecule has 11 heteroatoms. The lowest BCUT2D eigenvalue weighted by molar-refractivity contribution is -0.133. The molecule has 198 valence electrons. The number of hydrogen-bond acceptors (Lipinski definition) is 5. The van der Waals surface area contributed by atoms with Gasteiger partial charge in [-0.15, -0.1) is 12.4 Å². The van der Waals surface area contributed by atoms with E-state index in [1.54, 1.807) is 37.3 Å². The Balaban J connectivity index is 0.00000481. The molecule has 0 fully saturated rings. The molecule has 4 N–H and O–H groups in total. The molecule has 1 atom stereocenters. The largest absolute Gasteiger partial charge is 0.497 e. The second-order valence-corrected chi connectivity index (χ2v) is 7.67. The van der Waals surface area contributed by atoms with Crippen LogP contribution < -0.4 is 20.5 Å². The van der Waals surface area contributed by atoms with Gasteiger partial charge in [-0.25, -0.2) is 13.2 Å². The van der Waals surface area contributed by atoms with Crippen LogP contribution in [0.3, 0.4) is 0 Å². The minimum atomic E-state index is -1.56. The normalized spacial score (nSPS) is 11.3. The molecule has 0 radical (unpaired) electrons. The molecule has 0 aromatic heterocycles. The van der Waals surface area contributed by atoms with Gasteiger partial charge in [-0.05, 0) is 19.1 Å². The van der Waals surface area contributed by atoms with Gasteiger partial charge < -0.3 is 25.3 Å². The summed E-state index contributed by atoms with van der Waals surface area (Å²) in [6, 6.07) is 12.7. The van der Waals surface area contributed by atoms with Crippen LogP contribution >= 0.6 is 12.4 Å². The molecule has 0 heterocycles. The predicted octanol–water partition coefficient (Wildman–Crippen LogP) is 4.79. The Kier molecular flexibility index (Phi) is 10.8. The molecule has 0 bridgehead atoms. The molecule has 0 saturated heterocycles. The predicted molar refractivity (Wildman–Crippen MR) is 135 cm³/mol. The highest BCUT2D eigenvalue weighted by Gasteiger charge is 2.28. The second-order valence-electron chi connectivity index (χ2n) is 7.67. The summed E-state index contributed by atoms with van der Waals surface area (Å²) in [7, 11) is 1.27. The highest BCUT2D eigenvalue weighted by molar-refractivity contribution is 5.95. The third-order valence-corrected chi connectivity index (χ3v) is 5.29. The van der Waals surface area contributed by atoms with Gasteiger partial charge in [0, 0.05) is 42.0 Å². The maximum absolute atomic E-state index is 14.6. The monoisotopic (exact) mass is 537 g/mol. The molecular formula is C26H27ClF3N3O4. The summed E-state index contributed by atoms with van der Waals surface area (Å²) in [4.78, 5) is 12.9. The van der Waals surface area contributed by atoms with Gasteiger partial charge in [0.05, 0.1) is 12.7 Å². The lowest BCUT2D eigenvalue weighted by atomic mass is 10.1. The van der Waals surface area contributed by atoms with Gasteiger partial charge in [0.25, 0.3) is 5.91 Å². The van der Waals surface area contributed by atoms with Gasteiger partial charge in [0.1, 0.15) is 41.4 Å². The zero-order valence-electron chi connectivity index (χ0n) is 20.1. The van der Waals surface area contributed by atoms with Gasteiger partial charge in [0.2, 0.25) is 0 Å². The van der Waals surface area contributed by atoms with E-state index in [9.17, 15) is 18.0 Å². The fraction of sp³-hybridized carbons (Fsp3) is 0.231. The Bertz CT molecular complexity index is 1240. The molecule has 0 aliphatic carbocycles. The standard InChI is InChI=1S/C26H26F3N3O4.ClH/c1-3-35-24(23-20(28)11-18(34-2)12-21(23)29)26(33)32-13-16-9-8-15(25(30)31)10-22(16)36-14-17-6-4-5-7-19(17)27;/h4-12,24H,3,13-14H2,1-2H3,(H3,30,31)(H,32,33);1H/t24-;/m0./s1. The van der Waals surface area contributed by atoms with Gasteiger partial charge in [-0.2, -0.15) is 0 Å². The Morgan fingerprint density at radius 1 is 1.03 bits per heavy atom. The lowest BCUT2D eigenvalue weighted by Crippen LogP contribution is -2.32. The van der Waals surface area contributed by atoms with Gasteiger partial charge in [-0.3, -0.25) is 10.2 Å². The van der Waals surface area contributed by atoms with Crippen LogP contribution in [0, 0.1) is 22.9 Å². The number of nitrogen functional groups attached to an aromatic ring is 1. The summed E-state index contributed by atoms with van der Waals surface area (Å²) < 4.78 is 59.2. The van der Waals surface area contributed by atoms with Crippen LogP contribution in [-0.2, 0) is 22.7 Å². The third kappa shape index (κ3) is 7.37. The number of amides is 1. The Hall–Kier alpha value is -3.76. The Morgan fingerprint density at radius 2 is 1.70 bits per heavy atom. The van der Waals surface area contributed by atoms with Gasteiger partial charge >= 0.3 is 0 Å². The fourth-order valence-corrected chi connectivity index (χ4v) is 3.43. The summed E-state index contributed by atoms with van der Waals surface area (Å²) in [5.74, 6) is -3.19. The highest BCUT2D eigenvalue weighted by Crippen LogP contribution is 2.29. The Morgan fingerprint density at radius 3 is 2.30 bits per heavy atom. The smallest absolute Gasteiger partial charge is 0.254 e. The number of rotatable bonds is 11. The SMILES string of the molecule is CCO[C@H](C(=O)NCc1ccc(C(=N)N)cc1OCc1ccccc1F)c1c(F)cc(OC)cc1F.Cl. The van der Waals surface area contributed by atoms with Crippen LogP contribution in [0.1, 0.15) is 35.3 Å². The van der Waals surface area contributed by atoms with Crippen LogP contribution in [0.25, 0.3) is 0 Å². The number of methoxy groups -OCH3 is 1. The van der Waals surface area contributed by atoms with Crippen molar-refractivity contribution in [1.82, 2.24) is 5.32 Å². The number of benzene rings is 3. The first kappa shape index (κ1) is 29.5. The van der Waals surface area contributed by atoms with Crippen LogP contribution in [-0.4, -0.2) is 25.5 Å². The van der Waals surface area contributed by atoms with E-state index >= 15 is 0 Å². The first-order valence-corrected chi connectivity index (χ1v) is 11.0. The summed E-state index contributed by atoms with van der Waals surface area (Å²) in [6.07, 6.45) is -1.56. The van der Waals surface area contributed by atoms with E-state index in [4.69, 9.17) is 25.4 Å². The molecule has 1 amide bonds. The maximum Gasteiger partial charge on any atom is 0.254 e. The molecule has 0 saturated carbocycles.